The van der Waals surface area contributed by atoms with Crippen molar-refractivity contribution in [1.82, 2.24) is 0 Å². The average molecular weight is 267 g/mol. The largest absolute Gasteiger partial charge is 0.494 e. The summed E-state index contributed by atoms with van der Waals surface area (Å²) in [5.41, 5.74) is 5.50. The van der Waals surface area contributed by atoms with E-state index in [1.165, 1.54) is 5.56 Å². The third-order valence-corrected chi connectivity index (χ3v) is 3.73. The van der Waals surface area contributed by atoms with Crippen LogP contribution < -0.4 is 15.4 Å². The first-order valence-corrected chi connectivity index (χ1v) is 6.55. The summed E-state index contributed by atoms with van der Waals surface area (Å²) in [5.74, 6) is 1.76. The first-order valence-electron chi connectivity index (χ1n) is 6.02. The fourth-order valence-electron chi connectivity index (χ4n) is 2.56. The summed E-state index contributed by atoms with van der Waals surface area (Å²) < 4.78 is 5.44. The fraction of sp³-hybridized carbons (Fsp3) is 0.429. The highest BCUT2D eigenvalue weighted by Crippen LogP contribution is 2.45. The van der Waals surface area contributed by atoms with Gasteiger partial charge in [0.1, 0.15) is 5.75 Å². The number of allylic oxidation sites excluding steroid dienone is 1. The van der Waals surface area contributed by atoms with Gasteiger partial charge in [0.05, 0.1) is 12.8 Å². The number of methoxy groups -OCH3 is 1. The number of fused-ring (bicyclic) bond motifs is 1. The lowest BCUT2D eigenvalue weighted by Crippen LogP contribution is -2.06. The Labute approximate surface area is 113 Å². The number of benzene rings is 1. The van der Waals surface area contributed by atoms with E-state index in [2.05, 4.69) is 17.2 Å². The predicted molar refractivity (Wildman–Crippen MR) is 79.2 cm³/mol. The molecule has 0 fully saturated rings. The molecular formula is C14H19ClN2O. The summed E-state index contributed by atoms with van der Waals surface area (Å²) in [4.78, 5) is 0. The van der Waals surface area contributed by atoms with Crippen LogP contribution in [0.5, 0.6) is 5.75 Å². The SMILES string of the molecule is C=C(C)c1c(NC)c(OC)cc2c1C(CCl)CN2. The third-order valence-electron chi connectivity index (χ3n) is 3.36. The summed E-state index contributed by atoms with van der Waals surface area (Å²) in [5, 5.41) is 6.60. The molecule has 0 spiro atoms. The maximum atomic E-state index is 6.06. The predicted octanol–water partition coefficient (Wildman–Crippen LogP) is 3.52. The minimum atomic E-state index is 0.325. The minimum absolute atomic E-state index is 0.325. The van der Waals surface area contributed by atoms with Crippen LogP contribution in [-0.4, -0.2) is 26.6 Å². The second-order valence-electron chi connectivity index (χ2n) is 4.55. The second-order valence-corrected chi connectivity index (χ2v) is 4.86. The second kappa shape index (κ2) is 5.11. The first kappa shape index (κ1) is 13.1. The molecule has 0 saturated heterocycles. The molecule has 3 nitrogen and oxygen atoms in total. The van der Waals surface area contributed by atoms with Crippen LogP contribution in [0, 0.1) is 0 Å². The molecule has 2 rings (SSSR count). The van der Waals surface area contributed by atoms with Crippen LogP contribution in [0.15, 0.2) is 12.6 Å². The summed E-state index contributed by atoms with van der Waals surface area (Å²) in [6, 6.07) is 2.03. The molecule has 2 N–H and O–H groups in total. The highest BCUT2D eigenvalue weighted by atomic mass is 35.5. The zero-order valence-corrected chi connectivity index (χ0v) is 11.8. The molecule has 1 aromatic carbocycles. The van der Waals surface area contributed by atoms with Gasteiger partial charge in [-0.2, -0.15) is 0 Å². The van der Waals surface area contributed by atoms with Gasteiger partial charge in [-0.05, 0) is 18.1 Å². The molecule has 1 unspecified atom stereocenters. The number of halogens is 1. The van der Waals surface area contributed by atoms with Crippen molar-refractivity contribution < 1.29 is 4.74 Å². The maximum absolute atomic E-state index is 6.06. The Morgan fingerprint density at radius 1 is 1.67 bits per heavy atom. The molecule has 1 aliphatic rings. The molecule has 1 atom stereocenters. The van der Waals surface area contributed by atoms with E-state index in [4.69, 9.17) is 16.3 Å². The Morgan fingerprint density at radius 3 is 2.89 bits per heavy atom. The normalized spacial score (nSPS) is 17.0. The fourth-order valence-corrected chi connectivity index (χ4v) is 2.83. The number of anilines is 2. The van der Waals surface area contributed by atoms with E-state index in [0.29, 0.717) is 11.8 Å². The quantitative estimate of drug-likeness (QED) is 0.818. The molecule has 0 aromatic heterocycles. The summed E-state index contributed by atoms with van der Waals surface area (Å²) in [6.45, 7) is 6.97. The van der Waals surface area contributed by atoms with Crippen molar-refractivity contribution in [2.45, 2.75) is 12.8 Å². The molecule has 0 radical (unpaired) electrons. The molecule has 0 bridgehead atoms. The standard InChI is InChI=1S/C14H19ClN2O/c1-8(2)12-13-9(6-15)7-17-10(13)5-11(18-4)14(12)16-3/h5,9,16-17H,1,6-7H2,2-4H3. The van der Waals surface area contributed by atoms with Gasteiger partial charge in [0.25, 0.3) is 0 Å². The molecule has 4 heteroatoms. The zero-order chi connectivity index (χ0) is 13.3. The van der Waals surface area contributed by atoms with Crippen LogP contribution in [0.4, 0.5) is 11.4 Å². The van der Waals surface area contributed by atoms with E-state index in [1.807, 2.05) is 20.0 Å². The highest BCUT2D eigenvalue weighted by molar-refractivity contribution is 6.18. The van der Waals surface area contributed by atoms with Gasteiger partial charge in [-0.15, -0.1) is 11.6 Å². The molecule has 1 aliphatic heterocycles. The van der Waals surface area contributed by atoms with Gasteiger partial charge in [0, 0.05) is 42.7 Å². The molecule has 0 aliphatic carbocycles. The van der Waals surface area contributed by atoms with Crippen molar-refractivity contribution in [2.75, 3.05) is 37.2 Å². The van der Waals surface area contributed by atoms with E-state index < -0.39 is 0 Å². The zero-order valence-electron chi connectivity index (χ0n) is 11.1. The Kier molecular flexibility index (Phi) is 3.71. The lowest BCUT2D eigenvalue weighted by molar-refractivity contribution is 0.416. The third kappa shape index (κ3) is 1.93. The Hall–Kier alpha value is -1.35. The minimum Gasteiger partial charge on any atom is -0.494 e. The van der Waals surface area contributed by atoms with Gasteiger partial charge >= 0.3 is 0 Å². The first-order chi connectivity index (χ1) is 8.63. The number of hydrogen-bond donors (Lipinski definition) is 2. The summed E-state index contributed by atoms with van der Waals surface area (Å²) in [7, 11) is 3.58. The van der Waals surface area contributed by atoms with Gasteiger partial charge in [-0.1, -0.05) is 6.58 Å². The smallest absolute Gasteiger partial charge is 0.144 e. The van der Waals surface area contributed by atoms with Gasteiger partial charge in [0.2, 0.25) is 0 Å². The lowest BCUT2D eigenvalue weighted by atomic mass is 9.91. The number of ether oxygens (including phenoxy) is 1. The Balaban J connectivity index is 2.71. The molecule has 0 saturated carbocycles. The molecule has 18 heavy (non-hydrogen) atoms. The molecular weight excluding hydrogens is 248 g/mol. The number of nitrogens with one attached hydrogen (secondary N) is 2. The maximum Gasteiger partial charge on any atom is 0.144 e. The monoisotopic (exact) mass is 266 g/mol. The van der Waals surface area contributed by atoms with Gasteiger partial charge in [0.15, 0.2) is 0 Å². The van der Waals surface area contributed by atoms with Crippen LogP contribution in [-0.2, 0) is 0 Å². The van der Waals surface area contributed by atoms with Crippen LogP contribution in [0.1, 0.15) is 24.0 Å². The van der Waals surface area contributed by atoms with Crippen molar-refractivity contribution in [2.24, 2.45) is 0 Å². The van der Waals surface area contributed by atoms with E-state index in [0.717, 1.165) is 34.8 Å². The van der Waals surface area contributed by atoms with Gasteiger partial charge < -0.3 is 15.4 Å². The van der Waals surface area contributed by atoms with Crippen LogP contribution in [0.3, 0.4) is 0 Å². The number of rotatable bonds is 4. The average Bonchev–Trinajstić information content (AvgIpc) is 2.78. The van der Waals surface area contributed by atoms with Crippen molar-refractivity contribution in [3.63, 3.8) is 0 Å². The summed E-state index contributed by atoms with van der Waals surface area (Å²) >= 11 is 6.06. The van der Waals surface area contributed by atoms with E-state index in [1.54, 1.807) is 7.11 Å². The molecule has 98 valence electrons. The lowest BCUT2D eigenvalue weighted by Gasteiger charge is -2.20. The van der Waals surface area contributed by atoms with E-state index in [-0.39, 0.29) is 0 Å². The van der Waals surface area contributed by atoms with Crippen molar-refractivity contribution in [1.29, 1.82) is 0 Å². The number of alkyl halides is 1. The molecule has 1 heterocycles. The van der Waals surface area contributed by atoms with Gasteiger partial charge in [-0.25, -0.2) is 0 Å². The molecule has 1 aromatic rings. The van der Waals surface area contributed by atoms with Crippen LogP contribution >= 0.6 is 11.6 Å². The Bertz CT molecular complexity index is 485. The molecule has 0 amide bonds. The van der Waals surface area contributed by atoms with Crippen molar-refractivity contribution in [3.8, 4) is 5.75 Å². The van der Waals surface area contributed by atoms with Crippen LogP contribution in [0.25, 0.3) is 5.57 Å². The van der Waals surface area contributed by atoms with E-state index >= 15 is 0 Å². The summed E-state index contributed by atoms with van der Waals surface area (Å²) in [6.07, 6.45) is 0. The topological polar surface area (TPSA) is 33.3 Å². The van der Waals surface area contributed by atoms with Gasteiger partial charge in [-0.3, -0.25) is 0 Å². The highest BCUT2D eigenvalue weighted by Gasteiger charge is 2.28. The van der Waals surface area contributed by atoms with Crippen LogP contribution in [0.2, 0.25) is 0 Å². The van der Waals surface area contributed by atoms with E-state index in [9.17, 15) is 0 Å². The Morgan fingerprint density at radius 2 is 2.39 bits per heavy atom. The van der Waals surface area contributed by atoms with Crippen molar-refractivity contribution >= 4 is 28.5 Å². The van der Waals surface area contributed by atoms with Crippen molar-refractivity contribution in [3.05, 3.63) is 23.8 Å². The number of hydrogen-bond acceptors (Lipinski definition) is 3.